The van der Waals surface area contributed by atoms with Crippen LogP contribution < -0.4 is 10.6 Å². The van der Waals surface area contributed by atoms with Crippen molar-refractivity contribution in [1.82, 2.24) is 20.2 Å². The predicted molar refractivity (Wildman–Crippen MR) is 96.5 cm³/mol. The van der Waals surface area contributed by atoms with Gasteiger partial charge in [0.15, 0.2) is 0 Å². The topological polar surface area (TPSA) is 54.5 Å². The van der Waals surface area contributed by atoms with Crippen LogP contribution in [-0.4, -0.2) is 20.2 Å². The van der Waals surface area contributed by atoms with Crippen molar-refractivity contribution in [2.24, 2.45) is 0 Å². The van der Waals surface area contributed by atoms with Gasteiger partial charge >= 0.3 is 0 Å². The molecule has 0 spiro atoms. The summed E-state index contributed by atoms with van der Waals surface area (Å²) in [5.74, 6) is 0. The number of pyridine rings is 2. The summed E-state index contributed by atoms with van der Waals surface area (Å²) >= 11 is 6.37. The third-order valence-corrected chi connectivity index (χ3v) is 4.26. The number of halogens is 1. The van der Waals surface area contributed by atoms with Crippen LogP contribution in [0.5, 0.6) is 0 Å². The molecule has 0 aliphatic heterocycles. The molecule has 0 saturated heterocycles. The van der Waals surface area contributed by atoms with E-state index in [4.69, 9.17) is 16.6 Å². The fourth-order valence-corrected chi connectivity index (χ4v) is 3.02. The van der Waals surface area contributed by atoms with Gasteiger partial charge in [-0.25, -0.2) is 4.98 Å². The standard InChI is InChI=1S/C19H15ClN4/c1-12-5-4-8-17(22-12)19-14(11-21-24-19)16-10-9-13-6-2-3-7-15(20)18(13)23-16/h3-11H,2H2,1H3,(H,21,24). The van der Waals surface area contributed by atoms with Crippen molar-refractivity contribution < 1.29 is 0 Å². The minimum atomic E-state index is 0.652. The van der Waals surface area contributed by atoms with E-state index >= 15 is 0 Å². The maximum atomic E-state index is 6.37. The first-order chi connectivity index (χ1) is 11.7. The molecule has 0 radical (unpaired) electrons. The summed E-state index contributed by atoms with van der Waals surface area (Å²) in [6, 6.07) is 9.96. The molecule has 0 bridgehead atoms. The third-order valence-electron chi connectivity index (χ3n) is 3.95. The lowest BCUT2D eigenvalue weighted by molar-refractivity contribution is 1.08. The van der Waals surface area contributed by atoms with Gasteiger partial charge in [-0.2, -0.15) is 5.10 Å². The fourth-order valence-electron chi connectivity index (χ4n) is 2.78. The first-order valence-corrected chi connectivity index (χ1v) is 8.11. The summed E-state index contributed by atoms with van der Waals surface area (Å²) in [6.07, 6.45) is 8.69. The lowest BCUT2D eigenvalue weighted by Gasteiger charge is -2.04. The van der Waals surface area contributed by atoms with E-state index in [1.54, 1.807) is 6.20 Å². The number of rotatable bonds is 2. The lowest BCUT2D eigenvalue weighted by Crippen LogP contribution is -2.29. The molecule has 0 atom stereocenters. The highest BCUT2D eigenvalue weighted by Gasteiger charge is 2.13. The van der Waals surface area contributed by atoms with E-state index in [1.165, 1.54) is 0 Å². The summed E-state index contributed by atoms with van der Waals surface area (Å²) < 4.78 is 0. The number of nitrogens with zero attached hydrogens (tertiary/aromatic N) is 3. The van der Waals surface area contributed by atoms with Crippen molar-refractivity contribution in [3.05, 3.63) is 64.9 Å². The molecule has 0 aromatic carbocycles. The summed E-state index contributed by atoms with van der Waals surface area (Å²) in [6.45, 7) is 1.97. The highest BCUT2D eigenvalue weighted by molar-refractivity contribution is 6.47. The Balaban J connectivity index is 1.91. The van der Waals surface area contributed by atoms with E-state index in [9.17, 15) is 0 Å². The summed E-state index contributed by atoms with van der Waals surface area (Å²) in [5, 5.41) is 9.72. The number of nitrogens with one attached hydrogen (secondary N) is 1. The largest absolute Gasteiger partial charge is 0.276 e. The van der Waals surface area contributed by atoms with Crippen LogP contribution >= 0.6 is 11.6 Å². The first kappa shape index (κ1) is 14.8. The van der Waals surface area contributed by atoms with Crippen LogP contribution in [0.1, 0.15) is 12.1 Å². The van der Waals surface area contributed by atoms with Crippen molar-refractivity contribution in [3.8, 4) is 22.6 Å². The van der Waals surface area contributed by atoms with E-state index in [-0.39, 0.29) is 0 Å². The summed E-state index contributed by atoms with van der Waals surface area (Å²) in [4.78, 5) is 9.34. The SMILES string of the molecule is Cc1cccc(-c2[nH]ncc2-c2ccc3c(n2)=C(Cl)C=CCC=3)n1. The second kappa shape index (κ2) is 6.06. The second-order valence-corrected chi connectivity index (χ2v) is 6.05. The molecule has 118 valence electrons. The van der Waals surface area contributed by atoms with Gasteiger partial charge in [-0.3, -0.25) is 10.1 Å². The van der Waals surface area contributed by atoms with Crippen molar-refractivity contribution in [3.63, 3.8) is 0 Å². The maximum Gasteiger partial charge on any atom is 0.0928 e. The first-order valence-electron chi connectivity index (χ1n) is 7.74. The number of aryl methyl sites for hydroxylation is 1. The van der Waals surface area contributed by atoms with E-state index in [1.807, 2.05) is 49.4 Å². The highest BCUT2D eigenvalue weighted by Crippen LogP contribution is 2.26. The van der Waals surface area contributed by atoms with Gasteiger partial charge in [0.2, 0.25) is 0 Å². The van der Waals surface area contributed by atoms with E-state index in [0.717, 1.165) is 45.3 Å². The highest BCUT2D eigenvalue weighted by atomic mass is 35.5. The fraction of sp³-hybridized carbons (Fsp3) is 0.105. The molecule has 1 aliphatic carbocycles. The van der Waals surface area contributed by atoms with E-state index < -0.39 is 0 Å². The molecule has 0 saturated carbocycles. The number of allylic oxidation sites excluding steroid dienone is 2. The zero-order valence-corrected chi connectivity index (χ0v) is 13.9. The zero-order valence-electron chi connectivity index (χ0n) is 13.1. The van der Waals surface area contributed by atoms with Gasteiger partial charge in [-0.1, -0.05) is 35.9 Å². The number of aromatic amines is 1. The average molecular weight is 335 g/mol. The monoisotopic (exact) mass is 334 g/mol. The minimum absolute atomic E-state index is 0.652. The Hall–Kier alpha value is -2.72. The van der Waals surface area contributed by atoms with Gasteiger partial charge < -0.3 is 0 Å². The quantitative estimate of drug-likeness (QED) is 0.784. The van der Waals surface area contributed by atoms with Gasteiger partial charge in [0.1, 0.15) is 0 Å². The number of H-pyrrole nitrogens is 1. The molecule has 3 aromatic rings. The van der Waals surface area contributed by atoms with Gasteiger partial charge in [0.25, 0.3) is 0 Å². The molecule has 1 N–H and O–H groups in total. The number of hydrogen-bond acceptors (Lipinski definition) is 3. The molecule has 24 heavy (non-hydrogen) atoms. The number of hydrogen-bond donors (Lipinski definition) is 1. The molecule has 0 amide bonds. The molecule has 3 aromatic heterocycles. The molecule has 4 rings (SSSR count). The molecule has 0 unspecified atom stereocenters. The Bertz CT molecular complexity index is 1060. The third kappa shape index (κ3) is 2.65. The molecule has 1 aliphatic rings. The average Bonchev–Trinajstić information content (AvgIpc) is 3.01. The summed E-state index contributed by atoms with van der Waals surface area (Å²) in [7, 11) is 0. The van der Waals surface area contributed by atoms with Crippen molar-refractivity contribution in [1.29, 1.82) is 0 Å². The van der Waals surface area contributed by atoms with Crippen LogP contribution in [0, 0.1) is 6.92 Å². The zero-order chi connectivity index (χ0) is 16.5. The number of aromatic nitrogens is 4. The summed E-state index contributed by atoms with van der Waals surface area (Å²) in [5.41, 5.74) is 4.39. The minimum Gasteiger partial charge on any atom is -0.276 e. The lowest BCUT2D eigenvalue weighted by atomic mass is 10.1. The number of fused-ring (bicyclic) bond motifs is 1. The van der Waals surface area contributed by atoms with Crippen LogP contribution in [0.4, 0.5) is 0 Å². The van der Waals surface area contributed by atoms with Gasteiger partial charge in [0, 0.05) is 11.3 Å². The Kier molecular flexibility index (Phi) is 3.75. The van der Waals surface area contributed by atoms with Crippen LogP contribution in [0.3, 0.4) is 0 Å². The van der Waals surface area contributed by atoms with Crippen LogP contribution in [-0.2, 0) is 0 Å². The Morgan fingerprint density at radius 3 is 2.88 bits per heavy atom. The Morgan fingerprint density at radius 1 is 1.08 bits per heavy atom. The Labute approximate surface area is 144 Å². The molecule has 4 nitrogen and oxygen atoms in total. The van der Waals surface area contributed by atoms with Crippen molar-refractivity contribution in [2.75, 3.05) is 0 Å². The predicted octanol–water partition coefficient (Wildman–Crippen LogP) is 2.93. The van der Waals surface area contributed by atoms with E-state index in [2.05, 4.69) is 21.3 Å². The normalized spacial score (nSPS) is 13.3. The van der Waals surface area contributed by atoms with Gasteiger partial charge in [0.05, 0.1) is 33.7 Å². The van der Waals surface area contributed by atoms with Crippen LogP contribution in [0.25, 0.3) is 33.8 Å². The second-order valence-electron chi connectivity index (χ2n) is 5.65. The molecule has 3 heterocycles. The van der Waals surface area contributed by atoms with Crippen molar-refractivity contribution >= 4 is 22.7 Å². The van der Waals surface area contributed by atoms with Crippen molar-refractivity contribution in [2.45, 2.75) is 13.3 Å². The van der Waals surface area contributed by atoms with E-state index in [0.29, 0.717) is 5.03 Å². The van der Waals surface area contributed by atoms with Crippen LogP contribution in [0.2, 0.25) is 0 Å². The molecular formula is C19H15ClN4. The van der Waals surface area contributed by atoms with Gasteiger partial charge in [-0.05, 0) is 42.8 Å². The molecule has 0 fully saturated rings. The maximum absolute atomic E-state index is 6.37. The molecular weight excluding hydrogens is 320 g/mol. The van der Waals surface area contributed by atoms with Gasteiger partial charge in [-0.15, -0.1) is 0 Å². The van der Waals surface area contributed by atoms with Crippen LogP contribution in [0.15, 0.2) is 48.7 Å². The molecule has 5 heteroatoms. The smallest absolute Gasteiger partial charge is 0.0928 e. The Morgan fingerprint density at radius 2 is 2.00 bits per heavy atom.